The van der Waals surface area contributed by atoms with E-state index in [1.54, 1.807) is 0 Å². The van der Waals surface area contributed by atoms with Crippen LogP contribution in [0.2, 0.25) is 0 Å². The molecule has 1 aliphatic rings. The van der Waals surface area contributed by atoms with E-state index in [1.807, 2.05) is 14.0 Å². The zero-order chi connectivity index (χ0) is 11.3. The van der Waals surface area contributed by atoms with Crippen molar-refractivity contribution in [3.8, 4) is 0 Å². The van der Waals surface area contributed by atoms with Crippen LogP contribution < -0.4 is 11.1 Å². The van der Waals surface area contributed by atoms with Gasteiger partial charge in [-0.25, -0.2) is 0 Å². The number of nitrogens with two attached hydrogens (primary N) is 1. The molecule has 3 N–H and O–H groups in total. The van der Waals surface area contributed by atoms with Gasteiger partial charge in [0.05, 0.1) is 6.04 Å². The Balaban J connectivity index is 2.26. The predicted molar refractivity (Wildman–Crippen MR) is 61.5 cm³/mol. The van der Waals surface area contributed by atoms with Crippen molar-refractivity contribution >= 4 is 5.91 Å². The number of piperidine rings is 1. The molecule has 1 rings (SSSR count). The molecule has 0 bridgehead atoms. The lowest BCUT2D eigenvalue weighted by Crippen LogP contribution is -2.46. The minimum Gasteiger partial charge on any atom is -0.368 e. The summed E-state index contributed by atoms with van der Waals surface area (Å²) in [6.07, 6.45) is 3.63. The molecule has 4 nitrogen and oxygen atoms in total. The Morgan fingerprint density at radius 1 is 1.53 bits per heavy atom. The van der Waals surface area contributed by atoms with Crippen molar-refractivity contribution in [3.05, 3.63) is 0 Å². The van der Waals surface area contributed by atoms with Crippen molar-refractivity contribution in [2.75, 3.05) is 26.7 Å². The zero-order valence-corrected chi connectivity index (χ0v) is 9.83. The van der Waals surface area contributed by atoms with E-state index in [0.29, 0.717) is 0 Å². The van der Waals surface area contributed by atoms with Crippen LogP contribution in [-0.4, -0.2) is 43.5 Å². The molecule has 1 amide bonds. The van der Waals surface area contributed by atoms with Gasteiger partial charge in [0.15, 0.2) is 0 Å². The second-order valence-corrected chi connectivity index (χ2v) is 4.45. The summed E-state index contributed by atoms with van der Waals surface area (Å²) in [6, 6.07) is -0.102. The maximum Gasteiger partial charge on any atom is 0.234 e. The predicted octanol–water partition coefficient (Wildman–Crippen LogP) is 0.182. The average Bonchev–Trinajstić information content (AvgIpc) is 2.26. The molecule has 88 valence electrons. The molecule has 1 atom stereocenters. The Morgan fingerprint density at radius 3 is 2.60 bits per heavy atom. The topological polar surface area (TPSA) is 58.4 Å². The number of nitrogens with one attached hydrogen (secondary N) is 1. The van der Waals surface area contributed by atoms with Crippen LogP contribution in [0.5, 0.6) is 0 Å². The van der Waals surface area contributed by atoms with Crippen LogP contribution in [0, 0.1) is 5.92 Å². The number of rotatable bonds is 5. The summed E-state index contributed by atoms with van der Waals surface area (Å²) >= 11 is 0. The lowest BCUT2D eigenvalue weighted by molar-refractivity contribution is -0.123. The first-order valence-corrected chi connectivity index (χ1v) is 5.83. The first-order chi connectivity index (χ1) is 7.15. The molecule has 1 aliphatic heterocycles. The molecule has 1 fully saturated rings. The Hall–Kier alpha value is -0.610. The van der Waals surface area contributed by atoms with Crippen LogP contribution >= 0.6 is 0 Å². The Bertz CT molecular complexity index is 200. The highest BCUT2D eigenvalue weighted by Gasteiger charge is 2.24. The molecule has 0 aromatic heterocycles. The number of carbonyl (C=O) groups excluding carboxylic acids is 1. The molecule has 15 heavy (non-hydrogen) atoms. The van der Waals surface area contributed by atoms with Gasteiger partial charge < -0.3 is 11.1 Å². The fourth-order valence-corrected chi connectivity index (χ4v) is 2.16. The molecule has 1 saturated heterocycles. The third-order valence-electron chi connectivity index (χ3n) is 3.41. The van der Waals surface area contributed by atoms with Crippen molar-refractivity contribution in [1.29, 1.82) is 0 Å². The Labute approximate surface area is 92.2 Å². The van der Waals surface area contributed by atoms with Gasteiger partial charge in [0, 0.05) is 0 Å². The van der Waals surface area contributed by atoms with E-state index < -0.39 is 0 Å². The average molecular weight is 213 g/mol. The molecular weight excluding hydrogens is 190 g/mol. The van der Waals surface area contributed by atoms with Gasteiger partial charge in [0.25, 0.3) is 0 Å². The largest absolute Gasteiger partial charge is 0.368 e. The van der Waals surface area contributed by atoms with Crippen LogP contribution in [0.3, 0.4) is 0 Å². The number of nitrogens with zero attached hydrogens (tertiary/aromatic N) is 1. The van der Waals surface area contributed by atoms with Crippen molar-refractivity contribution < 1.29 is 4.79 Å². The first-order valence-electron chi connectivity index (χ1n) is 5.83. The summed E-state index contributed by atoms with van der Waals surface area (Å²) in [5.74, 6) is 0.609. The van der Waals surface area contributed by atoms with Gasteiger partial charge in [-0.3, -0.25) is 9.69 Å². The molecule has 0 radical (unpaired) electrons. The van der Waals surface area contributed by atoms with Gasteiger partial charge in [-0.1, -0.05) is 0 Å². The molecule has 0 aliphatic carbocycles. The van der Waals surface area contributed by atoms with Crippen LogP contribution in [-0.2, 0) is 4.79 Å². The molecule has 0 spiro atoms. The van der Waals surface area contributed by atoms with E-state index >= 15 is 0 Å². The molecular formula is C11H23N3O. The lowest BCUT2D eigenvalue weighted by atomic mass is 9.93. The summed E-state index contributed by atoms with van der Waals surface area (Å²) in [4.78, 5) is 13.2. The van der Waals surface area contributed by atoms with E-state index in [1.165, 1.54) is 19.3 Å². The molecule has 1 heterocycles. The monoisotopic (exact) mass is 213 g/mol. The van der Waals surface area contributed by atoms with E-state index in [4.69, 9.17) is 5.73 Å². The fraction of sp³-hybridized carbons (Fsp3) is 0.909. The van der Waals surface area contributed by atoms with Crippen molar-refractivity contribution in [2.24, 2.45) is 11.7 Å². The lowest BCUT2D eigenvalue weighted by Gasteiger charge is -2.34. The van der Waals surface area contributed by atoms with E-state index in [-0.39, 0.29) is 11.9 Å². The summed E-state index contributed by atoms with van der Waals surface area (Å²) in [6.45, 7) is 5.02. The van der Waals surface area contributed by atoms with Crippen LogP contribution in [0.1, 0.15) is 26.2 Å². The molecule has 0 saturated carbocycles. The fourth-order valence-electron chi connectivity index (χ4n) is 2.16. The molecule has 0 aromatic carbocycles. The van der Waals surface area contributed by atoms with Gasteiger partial charge in [0.2, 0.25) is 5.91 Å². The summed E-state index contributed by atoms with van der Waals surface area (Å²) in [7, 11) is 1.99. The maximum atomic E-state index is 11.0. The highest BCUT2D eigenvalue weighted by molar-refractivity contribution is 5.79. The van der Waals surface area contributed by atoms with E-state index in [2.05, 4.69) is 10.2 Å². The van der Waals surface area contributed by atoms with Crippen LogP contribution in [0.25, 0.3) is 0 Å². The molecule has 1 unspecified atom stereocenters. The number of hydrogen-bond acceptors (Lipinski definition) is 3. The second kappa shape index (κ2) is 6.08. The quantitative estimate of drug-likeness (QED) is 0.685. The Morgan fingerprint density at radius 2 is 2.13 bits per heavy atom. The van der Waals surface area contributed by atoms with Gasteiger partial charge in [-0.2, -0.15) is 0 Å². The van der Waals surface area contributed by atoms with Crippen LogP contribution in [0.15, 0.2) is 0 Å². The zero-order valence-electron chi connectivity index (χ0n) is 9.83. The molecule has 0 aromatic rings. The summed E-state index contributed by atoms with van der Waals surface area (Å²) in [5.41, 5.74) is 5.29. The smallest absolute Gasteiger partial charge is 0.234 e. The van der Waals surface area contributed by atoms with Gasteiger partial charge in [0.1, 0.15) is 0 Å². The van der Waals surface area contributed by atoms with Crippen molar-refractivity contribution in [3.63, 3.8) is 0 Å². The third-order valence-corrected chi connectivity index (χ3v) is 3.41. The maximum absolute atomic E-state index is 11.0. The van der Waals surface area contributed by atoms with Gasteiger partial charge in [-0.05, 0) is 58.8 Å². The highest BCUT2D eigenvalue weighted by atomic mass is 16.1. The first kappa shape index (κ1) is 12.5. The normalized spacial score (nSPS) is 21.5. The van der Waals surface area contributed by atoms with Crippen molar-refractivity contribution in [2.45, 2.75) is 32.2 Å². The number of amides is 1. The van der Waals surface area contributed by atoms with Crippen molar-refractivity contribution in [1.82, 2.24) is 10.2 Å². The van der Waals surface area contributed by atoms with E-state index in [9.17, 15) is 4.79 Å². The summed E-state index contributed by atoms with van der Waals surface area (Å²) in [5, 5.41) is 3.18. The number of hydrogen-bond donors (Lipinski definition) is 2. The summed E-state index contributed by atoms with van der Waals surface area (Å²) < 4.78 is 0. The highest BCUT2D eigenvalue weighted by Crippen LogP contribution is 2.21. The number of carbonyl (C=O) groups is 1. The minimum atomic E-state index is -0.205. The Kier molecular flexibility index (Phi) is 5.05. The van der Waals surface area contributed by atoms with Crippen LogP contribution in [0.4, 0.5) is 0 Å². The third kappa shape index (κ3) is 3.80. The SMILES string of the molecule is CNCCC1CCN(C(C)C(N)=O)CC1. The molecule has 4 heteroatoms. The number of likely N-dealkylation sites (tertiary alicyclic amines) is 1. The van der Waals surface area contributed by atoms with E-state index in [0.717, 1.165) is 25.6 Å². The second-order valence-electron chi connectivity index (χ2n) is 4.45. The van der Waals surface area contributed by atoms with Gasteiger partial charge in [-0.15, -0.1) is 0 Å². The minimum absolute atomic E-state index is 0.102. The standard InChI is InChI=1S/C11H23N3O/c1-9(11(12)15)14-7-4-10(5-8-14)3-6-13-2/h9-10,13H,3-8H2,1-2H3,(H2,12,15). The number of primary amides is 1. The van der Waals surface area contributed by atoms with Gasteiger partial charge >= 0.3 is 0 Å².